The summed E-state index contributed by atoms with van der Waals surface area (Å²) in [5.74, 6) is -1.09. The molecule has 0 heterocycles. The highest BCUT2D eigenvalue weighted by Gasteiger charge is 2.51. The van der Waals surface area contributed by atoms with E-state index in [9.17, 15) is 14.0 Å². The summed E-state index contributed by atoms with van der Waals surface area (Å²) in [6.07, 6.45) is 0.438. The van der Waals surface area contributed by atoms with Crippen molar-refractivity contribution in [3.8, 4) is 0 Å². The number of nitrogens with one attached hydrogen (secondary N) is 1. The fourth-order valence-electron chi connectivity index (χ4n) is 2.78. The van der Waals surface area contributed by atoms with Crippen molar-refractivity contribution < 1.29 is 23.5 Å². The number of hydrogen-bond acceptors (Lipinski definition) is 4. The third-order valence-electron chi connectivity index (χ3n) is 4.48. The zero-order valence-electron chi connectivity index (χ0n) is 15.4. The van der Waals surface area contributed by atoms with Gasteiger partial charge in [0, 0.05) is 25.4 Å². The van der Waals surface area contributed by atoms with Gasteiger partial charge in [-0.25, -0.2) is 9.18 Å². The van der Waals surface area contributed by atoms with Crippen LogP contribution in [-0.2, 0) is 14.3 Å². The lowest BCUT2D eigenvalue weighted by molar-refractivity contribution is -0.180. The van der Waals surface area contributed by atoms with Crippen LogP contribution in [0.3, 0.4) is 0 Å². The van der Waals surface area contributed by atoms with Crippen molar-refractivity contribution in [3.63, 3.8) is 0 Å². The lowest BCUT2D eigenvalue weighted by Crippen LogP contribution is -2.56. The molecule has 25 heavy (non-hydrogen) atoms. The second-order valence-electron chi connectivity index (χ2n) is 7.54. The Hall–Kier alpha value is -1.95. The number of anilines is 1. The van der Waals surface area contributed by atoms with Crippen LogP contribution in [0.2, 0.25) is 0 Å². The molecule has 2 atom stereocenters. The summed E-state index contributed by atoms with van der Waals surface area (Å²) < 4.78 is 25.1. The molecule has 1 aliphatic carbocycles. The Morgan fingerprint density at radius 2 is 2.00 bits per heavy atom. The third-order valence-corrected chi connectivity index (χ3v) is 4.48. The maximum Gasteiger partial charge on any atom is 0.338 e. The van der Waals surface area contributed by atoms with Crippen LogP contribution in [-0.4, -0.2) is 30.7 Å². The topological polar surface area (TPSA) is 64.6 Å². The number of esters is 1. The molecule has 0 spiro atoms. The van der Waals surface area contributed by atoms with E-state index in [2.05, 4.69) is 19.2 Å². The fraction of sp³-hybridized carbons (Fsp3) is 0.579. The van der Waals surface area contributed by atoms with Crippen LogP contribution < -0.4 is 5.32 Å². The first kappa shape index (κ1) is 19.4. The average Bonchev–Trinajstić information content (AvgIpc) is 2.51. The van der Waals surface area contributed by atoms with Crippen LogP contribution >= 0.6 is 0 Å². The highest BCUT2D eigenvalue weighted by atomic mass is 19.1. The molecule has 1 N–H and O–H groups in total. The van der Waals surface area contributed by atoms with Crippen LogP contribution in [0.1, 0.15) is 51.4 Å². The smallest absolute Gasteiger partial charge is 0.338 e. The number of halogens is 1. The van der Waals surface area contributed by atoms with Gasteiger partial charge in [0.25, 0.3) is 0 Å². The summed E-state index contributed by atoms with van der Waals surface area (Å²) in [6.45, 7) is 10.1. The van der Waals surface area contributed by atoms with E-state index in [0.717, 1.165) is 6.07 Å². The number of carbonyl (C=O) groups is 2. The van der Waals surface area contributed by atoms with Crippen molar-refractivity contribution in [2.45, 2.75) is 53.2 Å². The van der Waals surface area contributed by atoms with Gasteiger partial charge in [0.2, 0.25) is 5.91 Å². The molecule has 1 fully saturated rings. The summed E-state index contributed by atoms with van der Waals surface area (Å²) >= 11 is 0. The maximum atomic E-state index is 13.7. The van der Waals surface area contributed by atoms with Gasteiger partial charge in [-0.3, -0.25) is 4.79 Å². The number of carbonyl (C=O) groups excluding carboxylic acids is 2. The number of hydrogen-bond donors (Lipinski definition) is 1. The van der Waals surface area contributed by atoms with Crippen molar-refractivity contribution >= 4 is 17.6 Å². The Morgan fingerprint density at radius 1 is 1.32 bits per heavy atom. The fourth-order valence-corrected chi connectivity index (χ4v) is 2.78. The maximum absolute atomic E-state index is 13.7. The van der Waals surface area contributed by atoms with Crippen LogP contribution in [0.15, 0.2) is 18.2 Å². The zero-order valence-corrected chi connectivity index (χ0v) is 15.4. The molecule has 0 aromatic heterocycles. The second kappa shape index (κ2) is 7.52. The number of amides is 1. The van der Waals surface area contributed by atoms with Crippen LogP contribution in [0.5, 0.6) is 0 Å². The third kappa shape index (κ3) is 4.57. The number of benzene rings is 1. The first-order chi connectivity index (χ1) is 11.6. The molecule has 5 nitrogen and oxygen atoms in total. The van der Waals surface area contributed by atoms with Gasteiger partial charge in [-0.05, 0) is 24.1 Å². The predicted octanol–water partition coefficient (Wildman–Crippen LogP) is 3.78. The normalized spacial score (nSPS) is 21.6. The van der Waals surface area contributed by atoms with Crippen molar-refractivity contribution in [2.24, 2.45) is 11.3 Å². The van der Waals surface area contributed by atoms with E-state index >= 15 is 0 Å². The van der Waals surface area contributed by atoms with E-state index in [-0.39, 0.29) is 28.9 Å². The molecule has 0 radical (unpaired) electrons. The second-order valence-corrected chi connectivity index (χ2v) is 7.54. The van der Waals surface area contributed by atoms with E-state index in [1.54, 1.807) is 0 Å². The van der Waals surface area contributed by atoms with Crippen molar-refractivity contribution in [1.29, 1.82) is 0 Å². The molecule has 1 aromatic carbocycles. The Balaban J connectivity index is 2.00. The average molecular weight is 351 g/mol. The molecule has 1 aliphatic rings. The molecule has 0 aliphatic heterocycles. The molecule has 6 heteroatoms. The summed E-state index contributed by atoms with van der Waals surface area (Å²) in [4.78, 5) is 23.5. The van der Waals surface area contributed by atoms with E-state index < -0.39 is 17.7 Å². The Bertz CT molecular complexity index is 657. The minimum atomic E-state index is -0.599. The SMILES string of the molecule is CC(=O)Nc1cc(C(=O)OC2CC(OCC(C)C)C2(C)C)ccc1F. The first-order valence-electron chi connectivity index (χ1n) is 8.51. The van der Waals surface area contributed by atoms with Crippen LogP contribution in [0, 0.1) is 17.2 Å². The molecule has 1 saturated carbocycles. The number of ether oxygens (including phenoxy) is 2. The van der Waals surface area contributed by atoms with E-state index in [4.69, 9.17) is 9.47 Å². The largest absolute Gasteiger partial charge is 0.458 e. The highest BCUT2D eigenvalue weighted by molar-refractivity contribution is 5.94. The highest BCUT2D eigenvalue weighted by Crippen LogP contribution is 2.45. The molecular formula is C19H26FNO4. The Morgan fingerprint density at radius 3 is 2.56 bits per heavy atom. The van der Waals surface area contributed by atoms with Crippen molar-refractivity contribution in [3.05, 3.63) is 29.6 Å². The summed E-state index contributed by atoms with van der Waals surface area (Å²) in [5, 5.41) is 2.36. The minimum Gasteiger partial charge on any atom is -0.458 e. The molecule has 0 saturated heterocycles. The molecule has 0 bridgehead atoms. The van der Waals surface area contributed by atoms with Gasteiger partial charge in [0.15, 0.2) is 0 Å². The van der Waals surface area contributed by atoms with Crippen LogP contribution in [0.25, 0.3) is 0 Å². The molecule has 2 unspecified atom stereocenters. The van der Waals surface area contributed by atoms with Gasteiger partial charge in [-0.2, -0.15) is 0 Å². The predicted molar refractivity (Wildman–Crippen MR) is 92.9 cm³/mol. The van der Waals surface area contributed by atoms with Gasteiger partial charge < -0.3 is 14.8 Å². The standard InChI is InChI=1S/C19H26FNO4/c1-11(2)10-24-16-9-17(19(16,4)5)25-18(23)13-6-7-14(20)15(8-13)21-12(3)22/h6-8,11,16-17H,9-10H2,1-5H3,(H,21,22). The molecule has 1 amide bonds. The summed E-state index contributed by atoms with van der Waals surface area (Å²) in [6, 6.07) is 3.78. The summed E-state index contributed by atoms with van der Waals surface area (Å²) in [7, 11) is 0. The molecule has 2 rings (SSSR count). The van der Waals surface area contributed by atoms with Gasteiger partial charge >= 0.3 is 5.97 Å². The zero-order chi connectivity index (χ0) is 18.8. The van der Waals surface area contributed by atoms with E-state index in [1.165, 1.54) is 19.1 Å². The van der Waals surface area contributed by atoms with Crippen molar-refractivity contribution in [1.82, 2.24) is 0 Å². The van der Waals surface area contributed by atoms with Gasteiger partial charge in [0.1, 0.15) is 11.9 Å². The molecular weight excluding hydrogens is 325 g/mol. The summed E-state index contributed by atoms with van der Waals surface area (Å²) in [5.41, 5.74) is -0.106. The lowest BCUT2D eigenvalue weighted by atomic mass is 9.66. The van der Waals surface area contributed by atoms with E-state index in [1.807, 2.05) is 13.8 Å². The number of rotatable bonds is 6. The lowest BCUT2D eigenvalue weighted by Gasteiger charge is -2.50. The van der Waals surface area contributed by atoms with Crippen molar-refractivity contribution in [2.75, 3.05) is 11.9 Å². The quantitative estimate of drug-likeness (QED) is 0.792. The Kier molecular flexibility index (Phi) is 5.83. The van der Waals surface area contributed by atoms with Gasteiger partial charge in [0.05, 0.1) is 17.4 Å². The molecule has 138 valence electrons. The van der Waals surface area contributed by atoms with E-state index in [0.29, 0.717) is 18.9 Å². The van der Waals surface area contributed by atoms with Crippen LogP contribution in [0.4, 0.5) is 10.1 Å². The Labute approximate surface area is 147 Å². The van der Waals surface area contributed by atoms with Gasteiger partial charge in [-0.15, -0.1) is 0 Å². The minimum absolute atomic E-state index is 0.0343. The monoisotopic (exact) mass is 351 g/mol. The molecule has 1 aromatic rings. The van der Waals surface area contributed by atoms with Gasteiger partial charge in [-0.1, -0.05) is 27.7 Å². The first-order valence-corrected chi connectivity index (χ1v) is 8.51.